The lowest BCUT2D eigenvalue weighted by molar-refractivity contribution is -0.168. The van der Waals surface area contributed by atoms with Crippen molar-refractivity contribution in [3.8, 4) is 0 Å². The highest BCUT2D eigenvalue weighted by Crippen LogP contribution is 2.78. The SMILES string of the molecule is C[C@]12CCC3C4CCC(=N)C=C4CCC3C1CC1(CC1)[C@@]21C=CC(=O)O1.O. The number of ether oxygens (including phenoxy) is 1. The molecule has 4 saturated carbocycles. The number of nitrogens with one attached hydrogen (secondary N) is 1. The summed E-state index contributed by atoms with van der Waals surface area (Å²) in [5.41, 5.74) is 2.48. The molecule has 0 saturated heterocycles. The number of carbonyl (C=O) groups is 1. The number of carbonyl (C=O) groups excluding carboxylic acids is 1. The number of fused-ring (bicyclic) bond motifs is 7. The van der Waals surface area contributed by atoms with Gasteiger partial charge in [-0.25, -0.2) is 4.79 Å². The molecule has 3 N–H and O–H groups in total. The van der Waals surface area contributed by atoms with E-state index in [2.05, 4.69) is 19.1 Å². The molecular formula is C23H31NO3. The molecule has 0 bridgehead atoms. The summed E-state index contributed by atoms with van der Waals surface area (Å²) in [6.07, 6.45) is 16.9. The molecule has 0 aromatic rings. The van der Waals surface area contributed by atoms with Gasteiger partial charge in [0.25, 0.3) is 0 Å². The Kier molecular flexibility index (Phi) is 3.49. The molecule has 4 heteroatoms. The third kappa shape index (κ3) is 1.98. The van der Waals surface area contributed by atoms with E-state index in [0.717, 1.165) is 29.9 Å². The van der Waals surface area contributed by atoms with Gasteiger partial charge in [-0.3, -0.25) is 0 Å². The van der Waals surface area contributed by atoms with Crippen LogP contribution in [0.1, 0.15) is 64.7 Å². The van der Waals surface area contributed by atoms with Crippen LogP contribution in [0.4, 0.5) is 0 Å². The zero-order chi connectivity index (χ0) is 17.7. The molecule has 27 heavy (non-hydrogen) atoms. The molecule has 1 heterocycles. The fourth-order valence-corrected chi connectivity index (χ4v) is 8.28. The van der Waals surface area contributed by atoms with Crippen LogP contribution < -0.4 is 0 Å². The average Bonchev–Trinajstić information content (AvgIpc) is 3.24. The Morgan fingerprint density at radius 2 is 1.93 bits per heavy atom. The number of rotatable bonds is 0. The molecule has 2 spiro atoms. The van der Waals surface area contributed by atoms with Gasteiger partial charge in [0.15, 0.2) is 0 Å². The summed E-state index contributed by atoms with van der Waals surface area (Å²) in [7, 11) is 0. The summed E-state index contributed by atoms with van der Waals surface area (Å²) >= 11 is 0. The van der Waals surface area contributed by atoms with Gasteiger partial charge in [0, 0.05) is 22.6 Å². The van der Waals surface area contributed by atoms with Crippen molar-refractivity contribution in [3.05, 3.63) is 23.8 Å². The van der Waals surface area contributed by atoms with E-state index < -0.39 is 0 Å². The van der Waals surface area contributed by atoms with Gasteiger partial charge in [-0.05, 0) is 93.6 Å². The number of hydrogen-bond acceptors (Lipinski definition) is 3. The van der Waals surface area contributed by atoms with Gasteiger partial charge in [0.2, 0.25) is 0 Å². The Morgan fingerprint density at radius 3 is 2.63 bits per heavy atom. The van der Waals surface area contributed by atoms with Crippen molar-refractivity contribution in [1.82, 2.24) is 0 Å². The predicted octanol–water partition coefficient (Wildman–Crippen LogP) is 4.00. The van der Waals surface area contributed by atoms with Gasteiger partial charge in [0.05, 0.1) is 0 Å². The molecule has 4 fully saturated rings. The van der Waals surface area contributed by atoms with Gasteiger partial charge in [-0.15, -0.1) is 0 Å². The van der Waals surface area contributed by atoms with E-state index in [0.29, 0.717) is 5.92 Å². The fourth-order valence-electron chi connectivity index (χ4n) is 8.28. The van der Waals surface area contributed by atoms with Gasteiger partial charge in [0.1, 0.15) is 5.60 Å². The summed E-state index contributed by atoms with van der Waals surface area (Å²) in [6, 6.07) is 0. The molecule has 0 aromatic heterocycles. The summed E-state index contributed by atoms with van der Waals surface area (Å²) < 4.78 is 6.17. The summed E-state index contributed by atoms with van der Waals surface area (Å²) in [6.45, 7) is 2.45. The largest absolute Gasteiger partial charge is 0.450 e. The minimum absolute atomic E-state index is 0. The Morgan fingerprint density at radius 1 is 1.11 bits per heavy atom. The predicted molar refractivity (Wildman–Crippen MR) is 103 cm³/mol. The van der Waals surface area contributed by atoms with Gasteiger partial charge >= 0.3 is 5.97 Å². The van der Waals surface area contributed by atoms with Crippen LogP contribution in [-0.4, -0.2) is 22.8 Å². The van der Waals surface area contributed by atoms with Crippen LogP contribution in [0.2, 0.25) is 0 Å². The maximum absolute atomic E-state index is 12.1. The summed E-state index contributed by atoms with van der Waals surface area (Å²) in [5.74, 6) is 2.89. The first-order chi connectivity index (χ1) is 12.5. The van der Waals surface area contributed by atoms with E-state index in [9.17, 15) is 4.79 Å². The van der Waals surface area contributed by atoms with Crippen LogP contribution in [0.5, 0.6) is 0 Å². The normalized spacial score (nSPS) is 48.4. The monoisotopic (exact) mass is 369 g/mol. The average molecular weight is 370 g/mol. The second kappa shape index (κ2) is 5.34. The zero-order valence-electron chi connectivity index (χ0n) is 16.2. The van der Waals surface area contributed by atoms with E-state index in [1.807, 2.05) is 0 Å². The maximum Gasteiger partial charge on any atom is 0.331 e. The number of hydrogen-bond donors (Lipinski definition) is 1. The van der Waals surface area contributed by atoms with Crippen LogP contribution in [-0.2, 0) is 9.53 Å². The van der Waals surface area contributed by atoms with E-state index in [1.54, 1.807) is 11.6 Å². The molecule has 1 aliphatic heterocycles. The topological polar surface area (TPSA) is 81.7 Å². The van der Waals surface area contributed by atoms with E-state index in [4.69, 9.17) is 10.1 Å². The Labute approximate surface area is 161 Å². The van der Waals surface area contributed by atoms with Crippen molar-refractivity contribution >= 4 is 11.7 Å². The summed E-state index contributed by atoms with van der Waals surface area (Å²) in [5, 5.41) is 8.05. The van der Waals surface area contributed by atoms with E-state index in [-0.39, 0.29) is 27.9 Å². The second-order valence-corrected chi connectivity index (χ2v) is 10.3. The molecule has 146 valence electrons. The molecule has 0 amide bonds. The Balaban J connectivity index is 0.00000160. The van der Waals surface area contributed by atoms with Crippen molar-refractivity contribution in [2.24, 2.45) is 34.5 Å². The Hall–Kier alpha value is -1.42. The molecule has 6 aliphatic rings. The van der Waals surface area contributed by atoms with Crippen molar-refractivity contribution < 1.29 is 15.0 Å². The fraction of sp³-hybridized carbons (Fsp3) is 0.739. The quantitative estimate of drug-likeness (QED) is 0.655. The molecule has 5 aliphatic carbocycles. The van der Waals surface area contributed by atoms with Gasteiger partial charge in [-0.1, -0.05) is 12.5 Å². The molecule has 0 aromatic carbocycles. The maximum atomic E-state index is 12.1. The lowest BCUT2D eigenvalue weighted by Crippen LogP contribution is -2.54. The molecule has 0 radical (unpaired) electrons. The van der Waals surface area contributed by atoms with Crippen molar-refractivity contribution in [2.45, 2.75) is 70.3 Å². The van der Waals surface area contributed by atoms with Gasteiger partial charge < -0.3 is 15.6 Å². The van der Waals surface area contributed by atoms with Crippen LogP contribution in [0, 0.1) is 39.9 Å². The molecule has 6 rings (SSSR count). The highest BCUT2D eigenvalue weighted by atomic mass is 16.6. The van der Waals surface area contributed by atoms with Crippen molar-refractivity contribution in [1.29, 1.82) is 5.41 Å². The van der Waals surface area contributed by atoms with Gasteiger partial charge in [-0.2, -0.15) is 0 Å². The van der Waals surface area contributed by atoms with Crippen LogP contribution in [0.15, 0.2) is 23.8 Å². The molecule has 4 unspecified atom stereocenters. The Bertz CT molecular complexity index is 778. The van der Waals surface area contributed by atoms with Crippen molar-refractivity contribution in [3.63, 3.8) is 0 Å². The minimum atomic E-state index is -0.308. The second-order valence-electron chi connectivity index (χ2n) is 10.3. The third-order valence-corrected chi connectivity index (χ3v) is 9.54. The first-order valence-electron chi connectivity index (χ1n) is 10.7. The van der Waals surface area contributed by atoms with Crippen LogP contribution >= 0.6 is 0 Å². The lowest BCUT2D eigenvalue weighted by atomic mass is 9.50. The highest BCUT2D eigenvalue weighted by Gasteiger charge is 2.77. The first kappa shape index (κ1) is 17.7. The van der Waals surface area contributed by atoms with Crippen LogP contribution in [0.3, 0.4) is 0 Å². The third-order valence-electron chi connectivity index (χ3n) is 9.54. The van der Waals surface area contributed by atoms with E-state index >= 15 is 0 Å². The first-order valence-corrected chi connectivity index (χ1v) is 10.7. The minimum Gasteiger partial charge on any atom is -0.450 e. The standard InChI is InChI=1S/C23H29NO2.H2O/c1-21-8-6-17-16-5-3-15(24)12-14(16)2-4-18(17)19(21)13-22(10-11-22)23(21)9-7-20(25)26-23;/h7,9,12,16-19,24H,2-6,8,10-11,13H2,1H3;1H2/t16?,17?,18?,19?,21-,23+;/m0./s1. The van der Waals surface area contributed by atoms with Crippen molar-refractivity contribution in [2.75, 3.05) is 0 Å². The highest BCUT2D eigenvalue weighted by molar-refractivity contribution is 5.93. The van der Waals surface area contributed by atoms with Crippen LogP contribution in [0.25, 0.3) is 0 Å². The lowest BCUT2D eigenvalue weighted by Gasteiger charge is -2.55. The zero-order valence-corrected chi connectivity index (χ0v) is 16.2. The molecule has 4 nitrogen and oxygen atoms in total. The molecule has 6 atom stereocenters. The number of allylic oxidation sites excluding steroid dienone is 2. The van der Waals surface area contributed by atoms with E-state index in [1.165, 1.54) is 51.4 Å². The number of esters is 1. The molecular weight excluding hydrogens is 338 g/mol. The smallest absolute Gasteiger partial charge is 0.331 e. The summed E-state index contributed by atoms with van der Waals surface area (Å²) in [4.78, 5) is 12.1.